The second-order valence-corrected chi connectivity index (χ2v) is 12.2. The number of carbonyl (C=O) groups is 4. The highest BCUT2D eigenvalue weighted by Crippen LogP contribution is 2.40. The number of carbonyl (C=O) groups excluding carboxylic acids is 4. The zero-order chi connectivity index (χ0) is 30.6. The van der Waals surface area contributed by atoms with E-state index in [1.54, 1.807) is 39.4 Å². The molecule has 44 heavy (non-hydrogen) atoms. The fourth-order valence-electron chi connectivity index (χ4n) is 5.64. The molecule has 3 aromatic rings. The number of hydrogen-bond donors (Lipinski definition) is 0. The number of aromatic nitrogens is 2. The lowest BCUT2D eigenvalue weighted by atomic mass is 10.0. The van der Waals surface area contributed by atoms with Crippen LogP contribution in [-0.4, -0.2) is 76.7 Å². The first-order chi connectivity index (χ1) is 21.4. The van der Waals surface area contributed by atoms with E-state index in [-0.39, 0.29) is 49.2 Å². The third-order valence-electron chi connectivity index (χ3n) is 8.21. The van der Waals surface area contributed by atoms with E-state index >= 15 is 0 Å². The van der Waals surface area contributed by atoms with Gasteiger partial charge in [-0.3, -0.25) is 14.4 Å². The number of likely N-dealkylation sites (tertiary alicyclic amines) is 1. The van der Waals surface area contributed by atoms with E-state index < -0.39 is 18.0 Å². The van der Waals surface area contributed by atoms with Gasteiger partial charge in [-0.05, 0) is 92.0 Å². The lowest BCUT2D eigenvalue weighted by molar-refractivity contribution is -0.139. The summed E-state index contributed by atoms with van der Waals surface area (Å²) in [5, 5.41) is 5.61. The van der Waals surface area contributed by atoms with Crippen molar-refractivity contribution in [2.45, 2.75) is 57.1 Å². The Morgan fingerprint density at radius 2 is 1.86 bits per heavy atom. The van der Waals surface area contributed by atoms with Gasteiger partial charge in [0.25, 0.3) is 5.91 Å². The van der Waals surface area contributed by atoms with Crippen LogP contribution in [-0.2, 0) is 19.1 Å². The topological polar surface area (TPSA) is 128 Å². The summed E-state index contributed by atoms with van der Waals surface area (Å²) in [6, 6.07) is 14.4. The number of esters is 2. The quantitative estimate of drug-likeness (QED) is 0.307. The van der Waals surface area contributed by atoms with Gasteiger partial charge in [-0.2, -0.15) is 0 Å². The summed E-state index contributed by atoms with van der Waals surface area (Å²) < 4.78 is 20.5. The third-order valence-corrected chi connectivity index (χ3v) is 8.72. The van der Waals surface area contributed by atoms with Crippen LogP contribution in [0.4, 0.5) is 5.69 Å². The smallest absolute Gasteiger partial charge is 0.338 e. The van der Waals surface area contributed by atoms with Gasteiger partial charge >= 0.3 is 11.9 Å². The Kier molecular flexibility index (Phi) is 8.87. The summed E-state index contributed by atoms with van der Waals surface area (Å²) in [6.45, 7) is 3.09. The molecule has 2 saturated heterocycles. The van der Waals surface area contributed by atoms with E-state index in [1.165, 1.54) is 18.4 Å². The maximum absolute atomic E-state index is 13.4. The van der Waals surface area contributed by atoms with Gasteiger partial charge in [0.05, 0.1) is 30.5 Å². The Bertz CT molecular complexity index is 1490. The zero-order valence-corrected chi connectivity index (χ0v) is 25.2. The van der Waals surface area contributed by atoms with Gasteiger partial charge < -0.3 is 24.0 Å². The third kappa shape index (κ3) is 6.91. The van der Waals surface area contributed by atoms with Gasteiger partial charge in [0.1, 0.15) is 25.1 Å². The van der Waals surface area contributed by atoms with Crippen molar-refractivity contribution in [3.05, 3.63) is 70.7 Å². The Labute approximate surface area is 259 Å². The lowest BCUT2D eigenvalue weighted by Gasteiger charge is -2.33. The predicted molar refractivity (Wildman–Crippen MR) is 161 cm³/mol. The highest BCUT2D eigenvalue weighted by molar-refractivity contribution is 7.03. The molecule has 3 atom stereocenters. The average molecular weight is 619 g/mol. The molecule has 3 heterocycles. The molecule has 11 nitrogen and oxygen atoms in total. The minimum Gasteiger partial charge on any atom is -0.491 e. The second kappa shape index (κ2) is 13.1. The molecule has 3 fully saturated rings. The second-order valence-electron chi connectivity index (χ2n) is 11.6. The molecule has 230 valence electrons. The molecule has 0 spiro atoms. The molecule has 2 aromatic carbocycles. The summed E-state index contributed by atoms with van der Waals surface area (Å²) in [5.74, 6) is -0.526. The average Bonchev–Trinajstić information content (AvgIpc) is 3.55. The van der Waals surface area contributed by atoms with Gasteiger partial charge in [-0.25, -0.2) is 4.79 Å². The zero-order valence-electron chi connectivity index (χ0n) is 24.4. The normalized spacial score (nSPS) is 20.5. The van der Waals surface area contributed by atoms with Crippen LogP contribution in [0.15, 0.2) is 53.9 Å². The molecule has 2 aliphatic heterocycles. The largest absolute Gasteiger partial charge is 0.491 e. The van der Waals surface area contributed by atoms with Gasteiger partial charge in [0.2, 0.25) is 5.91 Å². The molecule has 1 aliphatic carbocycles. The van der Waals surface area contributed by atoms with Crippen LogP contribution in [0.1, 0.15) is 71.4 Å². The first kappa shape index (κ1) is 29.7. The number of piperidine rings is 1. The van der Waals surface area contributed by atoms with E-state index in [1.807, 2.05) is 19.1 Å². The monoisotopic (exact) mass is 618 g/mol. The van der Waals surface area contributed by atoms with Crippen molar-refractivity contribution < 1.29 is 33.4 Å². The van der Waals surface area contributed by atoms with Gasteiger partial charge in [0.15, 0.2) is 5.69 Å². The number of hydrogen-bond acceptors (Lipinski definition) is 10. The minimum atomic E-state index is -0.480. The van der Waals surface area contributed by atoms with E-state index in [2.05, 4.69) is 21.7 Å². The highest BCUT2D eigenvalue weighted by atomic mass is 32.1. The molecule has 0 N–H and O–H groups in total. The Hall–Kier alpha value is -4.32. The van der Waals surface area contributed by atoms with Crippen LogP contribution in [0.5, 0.6) is 5.75 Å². The fourth-order valence-corrected chi connectivity index (χ4v) is 6.07. The Morgan fingerprint density at radius 3 is 2.52 bits per heavy atom. The van der Waals surface area contributed by atoms with E-state index in [0.717, 1.165) is 17.2 Å². The van der Waals surface area contributed by atoms with Crippen molar-refractivity contribution in [3.63, 3.8) is 0 Å². The molecule has 3 aliphatic rings. The molecule has 0 bridgehead atoms. The SMILES string of the molecule is CC(COc1ccc(C(=O)O[C@H]2CCCN(C(=O)[C@H]3COC(=O)C3)C2)cc1)N(C(=O)c1csnn1)c1ccc(C2CC2)cc1. The van der Waals surface area contributed by atoms with Crippen LogP contribution in [0.2, 0.25) is 0 Å². The van der Waals surface area contributed by atoms with Crippen molar-refractivity contribution in [3.8, 4) is 5.75 Å². The summed E-state index contributed by atoms with van der Waals surface area (Å²) in [5.41, 5.74) is 2.69. The van der Waals surface area contributed by atoms with Crippen LogP contribution in [0.25, 0.3) is 0 Å². The van der Waals surface area contributed by atoms with E-state index in [0.29, 0.717) is 43.2 Å². The minimum absolute atomic E-state index is 0.0953. The molecule has 1 saturated carbocycles. The molecule has 2 amide bonds. The van der Waals surface area contributed by atoms with Crippen molar-refractivity contribution in [2.75, 3.05) is 31.2 Å². The molecule has 12 heteroatoms. The molecular weight excluding hydrogens is 584 g/mol. The summed E-state index contributed by atoms with van der Waals surface area (Å²) in [4.78, 5) is 53.8. The number of ether oxygens (including phenoxy) is 3. The van der Waals surface area contributed by atoms with E-state index in [4.69, 9.17) is 14.2 Å². The maximum Gasteiger partial charge on any atom is 0.338 e. The van der Waals surface area contributed by atoms with Crippen LogP contribution in [0.3, 0.4) is 0 Å². The summed E-state index contributed by atoms with van der Waals surface area (Å²) >= 11 is 1.13. The first-order valence-electron chi connectivity index (χ1n) is 14.9. The molecule has 1 aromatic heterocycles. The molecule has 0 radical (unpaired) electrons. The summed E-state index contributed by atoms with van der Waals surface area (Å²) in [6.07, 6.45) is 3.44. The molecular formula is C32H34N4O7S. The fraction of sp³-hybridized carbons (Fsp3) is 0.438. The standard InChI is InChI=1S/C32H34N4O7S/c1-20(36(31(39)28-19-44-34-33-28)25-10-6-22(7-11-25)21-4-5-21)17-41-26-12-8-23(9-13-26)32(40)43-27-3-2-14-35(16-27)30(38)24-15-29(37)42-18-24/h6-13,19-21,24,27H,2-5,14-18H2,1H3/t20?,24-,27+/m1/s1. The number of benzene rings is 2. The number of anilines is 1. The van der Waals surface area contributed by atoms with E-state index in [9.17, 15) is 19.2 Å². The first-order valence-corrected chi connectivity index (χ1v) is 15.8. The maximum atomic E-state index is 13.4. The van der Waals surface area contributed by atoms with Crippen LogP contribution in [0, 0.1) is 5.92 Å². The highest BCUT2D eigenvalue weighted by Gasteiger charge is 2.36. The molecule has 6 rings (SSSR count). The number of rotatable bonds is 10. The van der Waals surface area contributed by atoms with Crippen molar-refractivity contribution >= 4 is 41.0 Å². The summed E-state index contributed by atoms with van der Waals surface area (Å²) in [7, 11) is 0. The van der Waals surface area contributed by atoms with Crippen molar-refractivity contribution in [1.82, 2.24) is 14.5 Å². The number of cyclic esters (lactones) is 1. The molecule has 1 unspecified atom stereocenters. The Morgan fingerprint density at radius 1 is 1.09 bits per heavy atom. The van der Waals surface area contributed by atoms with Crippen LogP contribution >= 0.6 is 11.5 Å². The number of amides is 2. The van der Waals surface area contributed by atoms with Crippen molar-refractivity contribution in [1.29, 1.82) is 0 Å². The van der Waals surface area contributed by atoms with Gasteiger partial charge in [-0.1, -0.05) is 16.6 Å². The number of nitrogens with zero attached hydrogens (tertiary/aromatic N) is 4. The van der Waals surface area contributed by atoms with Crippen molar-refractivity contribution in [2.24, 2.45) is 5.92 Å². The Balaban J connectivity index is 1.04. The lowest BCUT2D eigenvalue weighted by Crippen LogP contribution is -2.46. The van der Waals surface area contributed by atoms with Crippen LogP contribution < -0.4 is 9.64 Å². The van der Waals surface area contributed by atoms with Gasteiger partial charge in [-0.15, -0.1) is 5.10 Å². The van der Waals surface area contributed by atoms with Gasteiger partial charge in [0, 0.05) is 17.6 Å². The predicted octanol–water partition coefficient (Wildman–Crippen LogP) is 4.24.